The molecule has 0 spiro atoms. The minimum absolute atomic E-state index is 0.0155. The van der Waals surface area contributed by atoms with Crippen LogP contribution < -0.4 is 5.32 Å². The smallest absolute Gasteiger partial charge is 0.123 e. The van der Waals surface area contributed by atoms with Gasteiger partial charge in [0, 0.05) is 6.04 Å². The van der Waals surface area contributed by atoms with Crippen LogP contribution in [-0.2, 0) is 0 Å². The van der Waals surface area contributed by atoms with Crippen LogP contribution in [0.1, 0.15) is 18.5 Å². The number of nitrogens with zero attached hydrogens (tertiary/aromatic N) is 2. The Balaban J connectivity index is 2.12. The molecule has 1 atom stereocenters. The maximum absolute atomic E-state index is 13.0. The molecule has 0 amide bonds. The lowest BCUT2D eigenvalue weighted by atomic mass is 10.1. The van der Waals surface area contributed by atoms with Gasteiger partial charge in [0.25, 0.3) is 0 Å². The van der Waals surface area contributed by atoms with Gasteiger partial charge in [-0.25, -0.2) is 14.4 Å². The largest absolute Gasteiger partial charge is 0.376 e. The lowest BCUT2D eigenvalue weighted by molar-refractivity contribution is 0.623. The standard InChI is InChI=1S/C12H12FN3/c1-9(10-3-2-4-11(13)5-10)16-12-6-14-8-15-7-12/h2-9,16H,1H3. The number of hydrogen-bond acceptors (Lipinski definition) is 3. The Kier molecular flexibility index (Phi) is 3.10. The summed E-state index contributed by atoms with van der Waals surface area (Å²) < 4.78 is 13.0. The van der Waals surface area contributed by atoms with Gasteiger partial charge in [-0.05, 0) is 24.6 Å². The van der Waals surface area contributed by atoms with E-state index in [2.05, 4.69) is 15.3 Å². The fourth-order valence-electron chi connectivity index (χ4n) is 1.48. The average Bonchev–Trinajstić information content (AvgIpc) is 2.30. The van der Waals surface area contributed by atoms with Crippen LogP contribution >= 0.6 is 0 Å². The van der Waals surface area contributed by atoms with Crippen LogP contribution in [0.25, 0.3) is 0 Å². The molecule has 0 aliphatic rings. The van der Waals surface area contributed by atoms with E-state index in [1.165, 1.54) is 18.5 Å². The second kappa shape index (κ2) is 4.70. The van der Waals surface area contributed by atoms with Gasteiger partial charge in [-0.2, -0.15) is 0 Å². The van der Waals surface area contributed by atoms with Gasteiger partial charge < -0.3 is 5.32 Å². The average molecular weight is 217 g/mol. The summed E-state index contributed by atoms with van der Waals surface area (Å²) in [5.41, 5.74) is 1.71. The second-order valence-corrected chi connectivity index (χ2v) is 3.55. The van der Waals surface area contributed by atoms with Crippen LogP contribution in [0.3, 0.4) is 0 Å². The topological polar surface area (TPSA) is 37.8 Å². The van der Waals surface area contributed by atoms with Gasteiger partial charge in [0.05, 0.1) is 18.1 Å². The molecule has 0 radical (unpaired) electrons. The maximum Gasteiger partial charge on any atom is 0.123 e. The lowest BCUT2D eigenvalue weighted by Gasteiger charge is -2.14. The minimum atomic E-state index is -0.226. The van der Waals surface area contributed by atoms with Crippen LogP contribution in [-0.4, -0.2) is 9.97 Å². The summed E-state index contributed by atoms with van der Waals surface area (Å²) in [4.78, 5) is 7.80. The van der Waals surface area contributed by atoms with Gasteiger partial charge in [0.15, 0.2) is 0 Å². The maximum atomic E-state index is 13.0. The molecule has 1 heterocycles. The van der Waals surface area contributed by atoms with E-state index < -0.39 is 0 Å². The van der Waals surface area contributed by atoms with E-state index in [0.717, 1.165) is 11.3 Å². The predicted octanol–water partition coefficient (Wildman–Crippen LogP) is 2.79. The van der Waals surface area contributed by atoms with Crippen molar-refractivity contribution in [3.63, 3.8) is 0 Å². The Morgan fingerprint density at radius 2 is 2.00 bits per heavy atom. The molecule has 1 N–H and O–H groups in total. The van der Waals surface area contributed by atoms with Crippen LogP contribution in [0.2, 0.25) is 0 Å². The zero-order valence-corrected chi connectivity index (χ0v) is 8.89. The Labute approximate surface area is 93.4 Å². The minimum Gasteiger partial charge on any atom is -0.376 e. The molecule has 1 unspecified atom stereocenters. The molecule has 4 heteroatoms. The number of halogens is 1. The molecule has 2 aromatic rings. The van der Waals surface area contributed by atoms with Gasteiger partial charge in [-0.15, -0.1) is 0 Å². The normalized spacial score (nSPS) is 12.1. The van der Waals surface area contributed by atoms with E-state index in [4.69, 9.17) is 0 Å². The first-order valence-electron chi connectivity index (χ1n) is 5.03. The molecule has 0 bridgehead atoms. The summed E-state index contributed by atoms with van der Waals surface area (Å²) in [5, 5.41) is 3.19. The van der Waals surface area contributed by atoms with Crippen molar-refractivity contribution < 1.29 is 4.39 Å². The Morgan fingerprint density at radius 1 is 1.25 bits per heavy atom. The highest BCUT2D eigenvalue weighted by atomic mass is 19.1. The number of nitrogens with one attached hydrogen (secondary N) is 1. The third-order valence-corrected chi connectivity index (χ3v) is 2.29. The Bertz CT molecular complexity index is 459. The molecule has 0 aliphatic heterocycles. The number of rotatable bonds is 3. The first-order valence-corrected chi connectivity index (χ1v) is 5.03. The summed E-state index contributed by atoms with van der Waals surface area (Å²) >= 11 is 0. The van der Waals surface area contributed by atoms with E-state index in [0.29, 0.717) is 0 Å². The molecule has 0 fully saturated rings. The molecule has 0 saturated carbocycles. The second-order valence-electron chi connectivity index (χ2n) is 3.55. The highest BCUT2D eigenvalue weighted by molar-refractivity contribution is 5.40. The molecule has 82 valence electrons. The fraction of sp³-hybridized carbons (Fsp3) is 0.167. The molecule has 0 aliphatic carbocycles. The monoisotopic (exact) mass is 217 g/mol. The third-order valence-electron chi connectivity index (χ3n) is 2.29. The van der Waals surface area contributed by atoms with Crippen molar-refractivity contribution in [2.24, 2.45) is 0 Å². The molecule has 3 nitrogen and oxygen atoms in total. The molecular weight excluding hydrogens is 205 g/mol. The summed E-state index contributed by atoms with van der Waals surface area (Å²) in [5.74, 6) is -0.226. The summed E-state index contributed by atoms with van der Waals surface area (Å²) in [6.07, 6.45) is 4.84. The van der Waals surface area contributed by atoms with Gasteiger partial charge in [-0.3, -0.25) is 0 Å². The van der Waals surface area contributed by atoms with Crippen molar-refractivity contribution in [2.75, 3.05) is 5.32 Å². The third kappa shape index (κ3) is 2.53. The van der Waals surface area contributed by atoms with Crippen molar-refractivity contribution in [3.8, 4) is 0 Å². The van der Waals surface area contributed by atoms with E-state index in [1.807, 2.05) is 13.0 Å². The quantitative estimate of drug-likeness (QED) is 0.859. The Hall–Kier alpha value is -1.97. The summed E-state index contributed by atoms with van der Waals surface area (Å²) in [6, 6.07) is 6.54. The Morgan fingerprint density at radius 3 is 2.69 bits per heavy atom. The summed E-state index contributed by atoms with van der Waals surface area (Å²) in [6.45, 7) is 1.96. The van der Waals surface area contributed by atoms with Crippen LogP contribution in [0.5, 0.6) is 0 Å². The molecule has 1 aromatic carbocycles. The number of hydrogen-bond donors (Lipinski definition) is 1. The van der Waals surface area contributed by atoms with Crippen molar-refractivity contribution in [1.29, 1.82) is 0 Å². The molecule has 0 saturated heterocycles. The van der Waals surface area contributed by atoms with Crippen molar-refractivity contribution in [3.05, 3.63) is 54.4 Å². The van der Waals surface area contributed by atoms with E-state index >= 15 is 0 Å². The molecular formula is C12H12FN3. The highest BCUT2D eigenvalue weighted by Crippen LogP contribution is 2.18. The van der Waals surface area contributed by atoms with Gasteiger partial charge in [-0.1, -0.05) is 12.1 Å². The summed E-state index contributed by atoms with van der Waals surface area (Å²) in [7, 11) is 0. The number of anilines is 1. The lowest BCUT2D eigenvalue weighted by Crippen LogP contribution is -2.07. The van der Waals surface area contributed by atoms with Crippen LogP contribution in [0, 0.1) is 5.82 Å². The predicted molar refractivity (Wildman–Crippen MR) is 60.5 cm³/mol. The van der Waals surface area contributed by atoms with Gasteiger partial charge in [0.2, 0.25) is 0 Å². The van der Waals surface area contributed by atoms with E-state index in [9.17, 15) is 4.39 Å². The van der Waals surface area contributed by atoms with E-state index in [1.54, 1.807) is 18.5 Å². The highest BCUT2D eigenvalue weighted by Gasteiger charge is 2.05. The van der Waals surface area contributed by atoms with Crippen molar-refractivity contribution in [2.45, 2.75) is 13.0 Å². The molecule has 16 heavy (non-hydrogen) atoms. The first kappa shape index (κ1) is 10.5. The van der Waals surface area contributed by atoms with Crippen LogP contribution in [0.15, 0.2) is 43.0 Å². The van der Waals surface area contributed by atoms with Crippen LogP contribution in [0.4, 0.5) is 10.1 Å². The molecule has 1 aromatic heterocycles. The zero-order chi connectivity index (χ0) is 11.4. The van der Waals surface area contributed by atoms with Gasteiger partial charge >= 0.3 is 0 Å². The van der Waals surface area contributed by atoms with Crippen molar-refractivity contribution in [1.82, 2.24) is 9.97 Å². The zero-order valence-electron chi connectivity index (χ0n) is 8.89. The van der Waals surface area contributed by atoms with E-state index in [-0.39, 0.29) is 11.9 Å². The number of benzene rings is 1. The first-order chi connectivity index (χ1) is 7.75. The fourth-order valence-corrected chi connectivity index (χ4v) is 1.48. The van der Waals surface area contributed by atoms with Crippen molar-refractivity contribution >= 4 is 5.69 Å². The SMILES string of the molecule is CC(Nc1cncnc1)c1cccc(F)c1. The number of aromatic nitrogens is 2. The van der Waals surface area contributed by atoms with Gasteiger partial charge in [0.1, 0.15) is 12.1 Å². The molecule has 2 rings (SSSR count).